The van der Waals surface area contributed by atoms with Crippen molar-refractivity contribution in [3.05, 3.63) is 29.3 Å². The maximum atomic E-state index is 12.6. The highest BCUT2D eigenvalue weighted by molar-refractivity contribution is 7.92. The molecule has 2 rings (SSSR count). The number of hydrogen-bond donors (Lipinski definition) is 1. The molecule has 2 atom stereocenters. The minimum absolute atomic E-state index is 0.00399. The number of halogens is 1. The molecule has 0 radical (unpaired) electrons. The van der Waals surface area contributed by atoms with E-state index < -0.39 is 16.1 Å². The van der Waals surface area contributed by atoms with Gasteiger partial charge in [-0.25, -0.2) is 8.42 Å². The molecule has 1 aliphatic rings. The molecule has 2 unspecified atom stereocenters. The Kier molecular flexibility index (Phi) is 6.48. The number of nitrogens with zero attached hydrogens (tertiary/aromatic N) is 1. The molecule has 6 nitrogen and oxygen atoms in total. The van der Waals surface area contributed by atoms with Crippen molar-refractivity contribution in [2.45, 2.75) is 38.3 Å². The molecule has 1 aliphatic heterocycles. The molecule has 0 aromatic heterocycles. The van der Waals surface area contributed by atoms with Crippen LogP contribution in [-0.4, -0.2) is 45.9 Å². The lowest BCUT2D eigenvalue weighted by molar-refractivity contribution is -0.122. The highest BCUT2D eigenvalue weighted by Crippen LogP contribution is 2.25. The number of rotatable bonds is 7. The van der Waals surface area contributed by atoms with Crippen LogP contribution < -0.4 is 9.62 Å². The number of sulfonamides is 1. The van der Waals surface area contributed by atoms with E-state index >= 15 is 0 Å². The normalized spacial score (nSPS) is 19.0. The van der Waals surface area contributed by atoms with E-state index in [2.05, 4.69) is 5.32 Å². The Bertz CT molecular complexity index is 674. The van der Waals surface area contributed by atoms with Gasteiger partial charge < -0.3 is 10.1 Å². The Morgan fingerprint density at radius 1 is 1.50 bits per heavy atom. The molecule has 1 fully saturated rings. The Morgan fingerprint density at radius 2 is 2.25 bits per heavy atom. The third-order valence-electron chi connectivity index (χ3n) is 3.92. The summed E-state index contributed by atoms with van der Waals surface area (Å²) in [5.74, 6) is -0.335. The fourth-order valence-electron chi connectivity index (χ4n) is 2.81. The number of benzene rings is 1. The maximum Gasteiger partial charge on any atom is 0.243 e. The molecule has 1 aromatic rings. The monoisotopic (exact) mass is 374 g/mol. The van der Waals surface area contributed by atoms with Gasteiger partial charge in [-0.1, -0.05) is 24.6 Å². The van der Waals surface area contributed by atoms with Crippen LogP contribution in [0.5, 0.6) is 0 Å². The summed E-state index contributed by atoms with van der Waals surface area (Å²) in [6, 6.07) is 5.65. The van der Waals surface area contributed by atoms with Gasteiger partial charge in [0.15, 0.2) is 0 Å². The van der Waals surface area contributed by atoms with Gasteiger partial charge in [0.2, 0.25) is 15.9 Å². The molecule has 0 saturated carbocycles. The zero-order chi connectivity index (χ0) is 17.7. The van der Waals surface area contributed by atoms with Gasteiger partial charge >= 0.3 is 0 Å². The lowest BCUT2D eigenvalue weighted by atomic mass is 10.1. The molecule has 8 heteroatoms. The Morgan fingerprint density at radius 3 is 2.79 bits per heavy atom. The fourth-order valence-corrected chi connectivity index (χ4v) is 4.20. The van der Waals surface area contributed by atoms with Gasteiger partial charge in [0.05, 0.1) is 18.0 Å². The SMILES string of the molecule is CCC(C(=O)NCC1CCCO1)N(c1cccc(Cl)c1)S(C)(=O)=O. The summed E-state index contributed by atoms with van der Waals surface area (Å²) in [5, 5.41) is 3.22. The van der Waals surface area contributed by atoms with Crippen molar-refractivity contribution in [2.24, 2.45) is 0 Å². The van der Waals surface area contributed by atoms with Crippen LogP contribution in [0.2, 0.25) is 5.02 Å². The first-order chi connectivity index (χ1) is 11.3. The molecule has 0 aliphatic carbocycles. The zero-order valence-corrected chi connectivity index (χ0v) is 15.4. The van der Waals surface area contributed by atoms with E-state index in [0.29, 0.717) is 30.3 Å². The molecule has 1 amide bonds. The van der Waals surface area contributed by atoms with E-state index in [0.717, 1.165) is 23.4 Å². The predicted molar refractivity (Wildman–Crippen MR) is 94.8 cm³/mol. The summed E-state index contributed by atoms with van der Waals surface area (Å²) in [6.45, 7) is 2.87. The Hall–Kier alpha value is -1.31. The van der Waals surface area contributed by atoms with Crippen molar-refractivity contribution >= 4 is 33.2 Å². The standard InChI is InChI=1S/C16H23ClN2O4S/c1-3-15(16(20)18-11-14-8-5-9-23-14)19(24(2,21)22)13-7-4-6-12(17)10-13/h4,6-7,10,14-15H,3,5,8-9,11H2,1-2H3,(H,18,20). The number of nitrogens with one attached hydrogen (secondary N) is 1. The summed E-state index contributed by atoms with van der Waals surface area (Å²) in [6.07, 6.45) is 3.32. The molecule has 1 heterocycles. The van der Waals surface area contributed by atoms with E-state index in [1.807, 2.05) is 0 Å². The molecule has 1 saturated heterocycles. The van der Waals surface area contributed by atoms with Gasteiger partial charge in [-0.2, -0.15) is 0 Å². The molecule has 1 N–H and O–H groups in total. The van der Waals surface area contributed by atoms with E-state index in [1.165, 1.54) is 0 Å². The number of carbonyl (C=O) groups is 1. The fraction of sp³-hybridized carbons (Fsp3) is 0.562. The van der Waals surface area contributed by atoms with Crippen LogP contribution in [0.3, 0.4) is 0 Å². The van der Waals surface area contributed by atoms with Gasteiger partial charge in [-0.15, -0.1) is 0 Å². The topological polar surface area (TPSA) is 75.7 Å². The van der Waals surface area contributed by atoms with Crippen LogP contribution in [0.4, 0.5) is 5.69 Å². The average Bonchev–Trinajstić information content (AvgIpc) is 3.02. The number of ether oxygens (including phenoxy) is 1. The van der Waals surface area contributed by atoms with Crippen LogP contribution in [0.25, 0.3) is 0 Å². The molecule has 24 heavy (non-hydrogen) atoms. The molecular weight excluding hydrogens is 352 g/mol. The first-order valence-electron chi connectivity index (χ1n) is 7.97. The second-order valence-corrected chi connectivity index (χ2v) is 8.14. The molecule has 0 spiro atoms. The van der Waals surface area contributed by atoms with Gasteiger partial charge in [0, 0.05) is 18.2 Å². The molecule has 0 bridgehead atoms. The largest absolute Gasteiger partial charge is 0.376 e. The van der Waals surface area contributed by atoms with E-state index in [9.17, 15) is 13.2 Å². The van der Waals surface area contributed by atoms with Gasteiger partial charge in [0.25, 0.3) is 0 Å². The van der Waals surface area contributed by atoms with Crippen LogP contribution in [0.1, 0.15) is 26.2 Å². The third-order valence-corrected chi connectivity index (χ3v) is 5.34. The summed E-state index contributed by atoms with van der Waals surface area (Å²) >= 11 is 5.98. The van der Waals surface area contributed by atoms with Crippen LogP contribution in [0, 0.1) is 0 Å². The van der Waals surface area contributed by atoms with Gasteiger partial charge in [-0.3, -0.25) is 9.10 Å². The van der Waals surface area contributed by atoms with E-state index in [-0.39, 0.29) is 12.0 Å². The summed E-state index contributed by atoms with van der Waals surface area (Å²) in [4.78, 5) is 12.6. The van der Waals surface area contributed by atoms with Gasteiger partial charge in [-0.05, 0) is 37.5 Å². The van der Waals surface area contributed by atoms with E-state index in [4.69, 9.17) is 16.3 Å². The van der Waals surface area contributed by atoms with Crippen LogP contribution in [0.15, 0.2) is 24.3 Å². The second-order valence-electron chi connectivity index (χ2n) is 5.84. The van der Waals surface area contributed by atoms with Crippen LogP contribution >= 0.6 is 11.6 Å². The van der Waals surface area contributed by atoms with E-state index in [1.54, 1.807) is 31.2 Å². The Balaban J connectivity index is 2.20. The van der Waals surface area contributed by atoms with Crippen molar-refractivity contribution in [3.63, 3.8) is 0 Å². The number of amides is 1. The van der Waals surface area contributed by atoms with Crippen molar-refractivity contribution < 1.29 is 17.9 Å². The average molecular weight is 375 g/mol. The highest BCUT2D eigenvalue weighted by Gasteiger charge is 2.32. The lowest BCUT2D eigenvalue weighted by Gasteiger charge is -2.30. The second kappa shape index (κ2) is 8.18. The number of hydrogen-bond acceptors (Lipinski definition) is 4. The molecular formula is C16H23ClN2O4S. The van der Waals surface area contributed by atoms with Gasteiger partial charge in [0.1, 0.15) is 6.04 Å². The summed E-state index contributed by atoms with van der Waals surface area (Å²) in [7, 11) is -3.65. The summed E-state index contributed by atoms with van der Waals surface area (Å²) < 4.78 is 31.2. The number of carbonyl (C=O) groups excluding carboxylic acids is 1. The third kappa shape index (κ3) is 4.84. The predicted octanol–water partition coefficient (Wildman–Crippen LogP) is 2.18. The maximum absolute atomic E-state index is 12.6. The highest BCUT2D eigenvalue weighted by atomic mass is 35.5. The number of anilines is 1. The minimum atomic E-state index is -3.65. The lowest BCUT2D eigenvalue weighted by Crippen LogP contribution is -2.50. The minimum Gasteiger partial charge on any atom is -0.376 e. The van der Waals surface area contributed by atoms with Crippen LogP contribution in [-0.2, 0) is 19.6 Å². The van der Waals surface area contributed by atoms with Crippen molar-refractivity contribution in [1.82, 2.24) is 5.32 Å². The van der Waals surface area contributed by atoms with Crippen molar-refractivity contribution in [3.8, 4) is 0 Å². The molecule has 134 valence electrons. The molecule has 1 aromatic carbocycles. The first-order valence-corrected chi connectivity index (χ1v) is 10.2. The smallest absolute Gasteiger partial charge is 0.243 e. The summed E-state index contributed by atoms with van der Waals surface area (Å²) in [5.41, 5.74) is 0.379. The zero-order valence-electron chi connectivity index (χ0n) is 13.9. The van der Waals surface area contributed by atoms with Crippen molar-refractivity contribution in [1.29, 1.82) is 0 Å². The first kappa shape index (κ1) is 19.0. The van der Waals surface area contributed by atoms with Crippen molar-refractivity contribution in [2.75, 3.05) is 23.7 Å². The Labute approximate surface area is 148 Å². The quantitative estimate of drug-likeness (QED) is 0.793.